The number of hydrogen-bond acceptors (Lipinski definition) is 5. The van der Waals surface area contributed by atoms with Gasteiger partial charge in [-0.25, -0.2) is 21.6 Å². The van der Waals surface area contributed by atoms with E-state index in [1.54, 1.807) is 6.07 Å². The number of hydrogen-bond donors (Lipinski definition) is 2. The van der Waals surface area contributed by atoms with Gasteiger partial charge in [0.25, 0.3) is 5.91 Å². The lowest BCUT2D eigenvalue weighted by Gasteiger charge is -2.18. The van der Waals surface area contributed by atoms with Crippen molar-refractivity contribution < 1.29 is 21.6 Å². The van der Waals surface area contributed by atoms with E-state index in [9.17, 15) is 21.6 Å². The van der Waals surface area contributed by atoms with Crippen LogP contribution in [0.4, 0.5) is 0 Å². The number of nitrogens with one attached hydrogen (secondary N) is 2. The number of carbonyl (C=O) groups is 1. The van der Waals surface area contributed by atoms with Crippen molar-refractivity contribution in [3.63, 3.8) is 0 Å². The first-order valence-electron chi connectivity index (χ1n) is 8.14. The summed E-state index contributed by atoms with van der Waals surface area (Å²) in [7, 11) is -7.07. The standard InChI is InChI=1S/C16H24N2O5S2/c1-11(2)12(3)17-16(19)13-5-4-6-15(9-13)25(22,23)18-14-7-8-24(20,21)10-14/h4-6,9,11-12,14,18H,7-8,10H2,1-3H3,(H,17,19). The topological polar surface area (TPSA) is 109 Å². The Balaban J connectivity index is 2.15. The van der Waals surface area contributed by atoms with E-state index in [1.807, 2.05) is 20.8 Å². The van der Waals surface area contributed by atoms with Gasteiger partial charge in [0.2, 0.25) is 10.0 Å². The molecular weight excluding hydrogens is 364 g/mol. The van der Waals surface area contributed by atoms with Crippen LogP contribution in [0.2, 0.25) is 0 Å². The Hall–Kier alpha value is -1.45. The van der Waals surface area contributed by atoms with E-state index in [1.165, 1.54) is 18.2 Å². The van der Waals surface area contributed by atoms with Gasteiger partial charge in [-0.1, -0.05) is 19.9 Å². The molecule has 0 radical (unpaired) electrons. The molecule has 1 aliphatic heterocycles. The number of sulfonamides is 1. The van der Waals surface area contributed by atoms with Crippen LogP contribution in [0.25, 0.3) is 0 Å². The second-order valence-corrected chi connectivity index (χ2v) is 10.7. The number of rotatable bonds is 6. The van der Waals surface area contributed by atoms with Crippen LogP contribution in [0.3, 0.4) is 0 Å². The van der Waals surface area contributed by atoms with E-state index in [4.69, 9.17) is 0 Å². The molecule has 1 aliphatic rings. The smallest absolute Gasteiger partial charge is 0.251 e. The molecule has 25 heavy (non-hydrogen) atoms. The predicted octanol–water partition coefficient (Wildman–Crippen LogP) is 0.926. The Labute approximate surface area is 149 Å². The van der Waals surface area contributed by atoms with Gasteiger partial charge in [0.05, 0.1) is 16.4 Å². The number of benzene rings is 1. The maximum Gasteiger partial charge on any atom is 0.251 e. The van der Waals surface area contributed by atoms with Crippen molar-refractivity contribution in [3.8, 4) is 0 Å². The van der Waals surface area contributed by atoms with Crippen LogP contribution in [0.5, 0.6) is 0 Å². The van der Waals surface area contributed by atoms with Gasteiger partial charge in [0, 0.05) is 17.6 Å². The molecule has 0 aromatic heterocycles. The molecule has 1 saturated heterocycles. The van der Waals surface area contributed by atoms with Gasteiger partial charge in [-0.15, -0.1) is 0 Å². The summed E-state index contributed by atoms with van der Waals surface area (Å²) >= 11 is 0. The molecule has 0 saturated carbocycles. The molecule has 1 aromatic rings. The van der Waals surface area contributed by atoms with Crippen LogP contribution in [-0.4, -0.2) is 46.3 Å². The number of carbonyl (C=O) groups excluding carboxylic acids is 1. The lowest BCUT2D eigenvalue weighted by Crippen LogP contribution is -2.37. The van der Waals surface area contributed by atoms with E-state index in [0.717, 1.165) is 0 Å². The summed E-state index contributed by atoms with van der Waals surface area (Å²) in [6.07, 6.45) is 0.258. The van der Waals surface area contributed by atoms with Crippen molar-refractivity contribution in [2.45, 2.75) is 44.2 Å². The molecule has 140 valence electrons. The molecular formula is C16H24N2O5S2. The summed E-state index contributed by atoms with van der Waals surface area (Å²) in [6.45, 7) is 5.84. The molecule has 2 N–H and O–H groups in total. The molecule has 0 bridgehead atoms. The van der Waals surface area contributed by atoms with Crippen LogP contribution in [0.1, 0.15) is 37.6 Å². The second-order valence-electron chi connectivity index (χ2n) is 6.76. The maximum absolute atomic E-state index is 12.5. The Kier molecular flexibility index (Phi) is 5.90. The first-order valence-corrected chi connectivity index (χ1v) is 11.4. The average molecular weight is 389 g/mol. The first-order chi connectivity index (χ1) is 11.5. The van der Waals surface area contributed by atoms with Crippen LogP contribution in [0, 0.1) is 5.92 Å². The highest BCUT2D eigenvalue weighted by Gasteiger charge is 2.31. The Morgan fingerprint density at radius 2 is 1.92 bits per heavy atom. The van der Waals surface area contributed by atoms with Crippen LogP contribution in [0.15, 0.2) is 29.2 Å². The van der Waals surface area contributed by atoms with E-state index < -0.39 is 25.9 Å². The molecule has 0 spiro atoms. The fraction of sp³-hybridized carbons (Fsp3) is 0.562. The summed E-state index contributed by atoms with van der Waals surface area (Å²) in [5, 5.41) is 2.82. The van der Waals surface area contributed by atoms with Crippen molar-refractivity contribution in [1.29, 1.82) is 0 Å². The van der Waals surface area contributed by atoms with Crippen LogP contribution < -0.4 is 10.0 Å². The van der Waals surface area contributed by atoms with E-state index >= 15 is 0 Å². The van der Waals surface area contributed by atoms with Crippen molar-refractivity contribution in [2.24, 2.45) is 5.92 Å². The minimum atomic E-state index is -3.89. The number of sulfone groups is 1. The maximum atomic E-state index is 12.5. The highest BCUT2D eigenvalue weighted by molar-refractivity contribution is 7.92. The first kappa shape index (κ1) is 19.9. The van der Waals surface area contributed by atoms with E-state index in [-0.39, 0.29) is 46.3 Å². The Morgan fingerprint density at radius 3 is 2.48 bits per heavy atom. The monoisotopic (exact) mass is 388 g/mol. The van der Waals surface area contributed by atoms with Gasteiger partial charge in [-0.2, -0.15) is 0 Å². The van der Waals surface area contributed by atoms with Crippen molar-refractivity contribution in [3.05, 3.63) is 29.8 Å². The zero-order chi connectivity index (χ0) is 18.8. The van der Waals surface area contributed by atoms with Gasteiger partial charge >= 0.3 is 0 Å². The summed E-state index contributed by atoms with van der Waals surface area (Å²) in [5.41, 5.74) is 0.245. The predicted molar refractivity (Wildman–Crippen MR) is 95.6 cm³/mol. The Morgan fingerprint density at radius 1 is 1.24 bits per heavy atom. The fourth-order valence-corrected chi connectivity index (χ4v) is 5.53. The average Bonchev–Trinajstić information content (AvgIpc) is 2.85. The normalized spacial score (nSPS) is 21.2. The molecule has 2 atom stereocenters. The zero-order valence-corrected chi connectivity index (χ0v) is 16.2. The third-order valence-corrected chi connectivity index (χ3v) is 7.61. The zero-order valence-electron chi connectivity index (χ0n) is 14.5. The molecule has 0 aliphatic carbocycles. The SMILES string of the molecule is CC(C)C(C)NC(=O)c1cccc(S(=O)(=O)NC2CCS(=O)(=O)C2)c1. The third kappa shape index (κ3) is 5.26. The van der Waals surface area contributed by atoms with E-state index in [2.05, 4.69) is 10.0 Å². The van der Waals surface area contributed by atoms with Crippen molar-refractivity contribution in [1.82, 2.24) is 10.0 Å². The van der Waals surface area contributed by atoms with Crippen LogP contribution >= 0.6 is 0 Å². The minimum absolute atomic E-state index is 0.0181. The lowest BCUT2D eigenvalue weighted by atomic mass is 10.1. The van der Waals surface area contributed by atoms with E-state index in [0.29, 0.717) is 0 Å². The quantitative estimate of drug-likeness (QED) is 0.753. The summed E-state index contributed by atoms with van der Waals surface area (Å²) < 4.78 is 50.3. The molecule has 1 fully saturated rings. The molecule has 9 heteroatoms. The van der Waals surface area contributed by atoms with Gasteiger partial charge in [0.15, 0.2) is 9.84 Å². The van der Waals surface area contributed by atoms with Crippen molar-refractivity contribution in [2.75, 3.05) is 11.5 Å². The largest absolute Gasteiger partial charge is 0.349 e. The lowest BCUT2D eigenvalue weighted by molar-refractivity contribution is 0.0930. The molecule has 7 nitrogen and oxygen atoms in total. The van der Waals surface area contributed by atoms with Crippen molar-refractivity contribution >= 4 is 25.8 Å². The molecule has 2 unspecified atom stereocenters. The fourth-order valence-electron chi connectivity index (χ4n) is 2.44. The summed E-state index contributed by atoms with van der Waals surface area (Å²) in [6, 6.07) is 5.04. The molecule has 2 rings (SSSR count). The number of amides is 1. The molecule has 1 heterocycles. The van der Waals surface area contributed by atoms with Gasteiger partial charge < -0.3 is 5.32 Å². The summed E-state index contributed by atoms with van der Waals surface area (Å²) in [4.78, 5) is 12.2. The molecule has 1 aromatic carbocycles. The van der Waals surface area contributed by atoms with Gasteiger partial charge in [-0.05, 0) is 37.5 Å². The van der Waals surface area contributed by atoms with Crippen LogP contribution in [-0.2, 0) is 19.9 Å². The molecule has 1 amide bonds. The highest BCUT2D eigenvalue weighted by atomic mass is 32.2. The second kappa shape index (κ2) is 7.43. The Bertz CT molecular complexity index is 847. The minimum Gasteiger partial charge on any atom is -0.349 e. The van der Waals surface area contributed by atoms with Gasteiger partial charge in [-0.3, -0.25) is 4.79 Å². The summed E-state index contributed by atoms with van der Waals surface area (Å²) in [5.74, 6) is -0.308. The highest BCUT2D eigenvalue weighted by Crippen LogP contribution is 2.17. The third-order valence-electron chi connectivity index (χ3n) is 4.32. The van der Waals surface area contributed by atoms with Gasteiger partial charge in [0.1, 0.15) is 0 Å².